The number of thiol groups is 1. The average Bonchev–Trinajstić information content (AvgIpc) is 2.85. The Labute approximate surface area is 127 Å². The number of halogens is 2. The van der Waals surface area contributed by atoms with E-state index < -0.39 is 0 Å². The molecule has 0 atom stereocenters. The number of rotatable bonds is 0. The molecule has 0 bridgehead atoms. The molecule has 1 aromatic heterocycles. The summed E-state index contributed by atoms with van der Waals surface area (Å²) < 4.78 is 21.0. The largest absolute Gasteiger partial charge is 0.397 e. The van der Waals surface area contributed by atoms with Crippen molar-refractivity contribution in [1.29, 1.82) is 0 Å². The van der Waals surface area contributed by atoms with Crippen molar-refractivity contribution >= 4 is 57.0 Å². The second kappa shape index (κ2) is 6.31. The molecule has 3 aromatic rings. The molecule has 3 rings (SSSR count). The van der Waals surface area contributed by atoms with E-state index in [0.717, 1.165) is 15.9 Å². The summed E-state index contributed by atoms with van der Waals surface area (Å²) in [6, 6.07) is 9.94. The van der Waals surface area contributed by atoms with Gasteiger partial charge in [-0.2, -0.15) is 8.75 Å². The SMILES string of the molecule is Fc1ccc(S)c(Br)c1.Nc1cccc2nsnc12. The fourth-order valence-corrected chi connectivity index (χ4v) is 2.35. The lowest BCUT2D eigenvalue weighted by molar-refractivity contribution is 0.625. The Bertz CT molecular complexity index is 702. The normalized spacial score (nSPS) is 10.1. The molecule has 0 aliphatic carbocycles. The van der Waals surface area contributed by atoms with Gasteiger partial charge in [-0.15, -0.1) is 12.6 Å². The number of anilines is 1. The molecule has 19 heavy (non-hydrogen) atoms. The highest BCUT2D eigenvalue weighted by molar-refractivity contribution is 9.10. The van der Waals surface area contributed by atoms with Crippen molar-refractivity contribution in [1.82, 2.24) is 8.75 Å². The highest BCUT2D eigenvalue weighted by Gasteiger charge is 1.98. The molecule has 2 aromatic carbocycles. The fourth-order valence-electron chi connectivity index (χ4n) is 1.31. The minimum atomic E-state index is -0.250. The van der Waals surface area contributed by atoms with Crippen LogP contribution in [0.15, 0.2) is 45.8 Å². The molecule has 1 heterocycles. The van der Waals surface area contributed by atoms with E-state index in [1.165, 1.54) is 23.9 Å². The molecule has 0 radical (unpaired) electrons. The standard InChI is InChI=1S/C6H4BrFS.C6H5N3S/c7-5-3-4(8)1-2-6(5)9;7-4-2-1-3-5-6(4)9-10-8-5/h1-3,9H;1-3H,7H2. The van der Waals surface area contributed by atoms with Gasteiger partial charge >= 0.3 is 0 Å². The Hall–Kier alpha value is -1.18. The first-order valence-corrected chi connectivity index (χ1v) is 7.16. The second-order valence-corrected chi connectivity index (χ2v) is 5.44. The first kappa shape index (κ1) is 14.2. The Balaban J connectivity index is 0.000000141. The van der Waals surface area contributed by atoms with Crippen LogP contribution in [0.5, 0.6) is 0 Å². The summed E-state index contributed by atoms with van der Waals surface area (Å²) in [5.74, 6) is -0.250. The molecular formula is C12H9BrFN3S2. The van der Waals surface area contributed by atoms with Crippen molar-refractivity contribution in [2.24, 2.45) is 0 Å². The van der Waals surface area contributed by atoms with Gasteiger partial charge in [-0.1, -0.05) is 6.07 Å². The van der Waals surface area contributed by atoms with E-state index >= 15 is 0 Å². The minimum absolute atomic E-state index is 0.250. The zero-order valence-corrected chi connectivity index (χ0v) is 12.8. The Morgan fingerprint density at radius 2 is 2.00 bits per heavy atom. The lowest BCUT2D eigenvalue weighted by Gasteiger charge is -1.93. The van der Waals surface area contributed by atoms with Crippen LogP contribution in [0.3, 0.4) is 0 Å². The number of nitrogens with two attached hydrogens (primary N) is 1. The van der Waals surface area contributed by atoms with Gasteiger partial charge in [-0.05, 0) is 46.3 Å². The number of nitrogen functional groups attached to an aromatic ring is 1. The molecule has 0 aliphatic rings. The van der Waals surface area contributed by atoms with Crippen molar-refractivity contribution in [2.75, 3.05) is 5.73 Å². The summed E-state index contributed by atoms with van der Waals surface area (Å²) in [4.78, 5) is 0.747. The minimum Gasteiger partial charge on any atom is -0.397 e. The number of nitrogens with zero attached hydrogens (tertiary/aromatic N) is 2. The van der Waals surface area contributed by atoms with Crippen molar-refractivity contribution in [2.45, 2.75) is 4.90 Å². The highest BCUT2D eigenvalue weighted by Crippen LogP contribution is 2.20. The summed E-state index contributed by atoms with van der Waals surface area (Å²) in [5.41, 5.74) is 8.00. The van der Waals surface area contributed by atoms with Gasteiger partial charge in [0.25, 0.3) is 0 Å². The zero-order valence-electron chi connectivity index (χ0n) is 9.55. The maximum absolute atomic E-state index is 12.3. The predicted molar refractivity (Wildman–Crippen MR) is 83.2 cm³/mol. The molecule has 2 N–H and O–H groups in total. The summed E-state index contributed by atoms with van der Waals surface area (Å²) in [7, 11) is 0. The molecule has 98 valence electrons. The molecule has 3 nitrogen and oxygen atoms in total. The van der Waals surface area contributed by atoms with E-state index in [4.69, 9.17) is 5.73 Å². The fraction of sp³-hybridized carbons (Fsp3) is 0. The van der Waals surface area contributed by atoms with Crippen LogP contribution in [0.1, 0.15) is 0 Å². The molecular weight excluding hydrogens is 349 g/mol. The number of fused-ring (bicyclic) bond motifs is 1. The van der Waals surface area contributed by atoms with Crippen LogP contribution >= 0.6 is 40.3 Å². The van der Waals surface area contributed by atoms with E-state index in [2.05, 4.69) is 37.3 Å². The van der Waals surface area contributed by atoms with Crippen molar-refractivity contribution in [3.05, 3.63) is 46.7 Å². The number of aromatic nitrogens is 2. The van der Waals surface area contributed by atoms with E-state index in [-0.39, 0.29) is 5.82 Å². The van der Waals surface area contributed by atoms with Crippen molar-refractivity contribution < 1.29 is 4.39 Å². The summed E-state index contributed by atoms with van der Waals surface area (Å²) in [5, 5.41) is 0. The van der Waals surface area contributed by atoms with Gasteiger partial charge in [0.2, 0.25) is 0 Å². The molecule has 7 heteroatoms. The van der Waals surface area contributed by atoms with Crippen molar-refractivity contribution in [3.8, 4) is 0 Å². The first-order chi connectivity index (χ1) is 9.08. The monoisotopic (exact) mass is 357 g/mol. The Morgan fingerprint density at radius 1 is 1.21 bits per heavy atom. The Morgan fingerprint density at radius 3 is 2.63 bits per heavy atom. The van der Waals surface area contributed by atoms with Crippen LogP contribution < -0.4 is 5.73 Å². The smallest absolute Gasteiger partial charge is 0.127 e. The molecule has 0 fully saturated rings. The lowest BCUT2D eigenvalue weighted by Crippen LogP contribution is -1.84. The predicted octanol–water partition coefficient (Wildman–Crippen LogP) is 4.15. The van der Waals surface area contributed by atoms with Gasteiger partial charge < -0.3 is 5.73 Å². The molecule has 0 unspecified atom stereocenters. The first-order valence-electron chi connectivity index (χ1n) is 5.18. The number of hydrogen-bond acceptors (Lipinski definition) is 5. The number of benzene rings is 2. The van der Waals surface area contributed by atoms with E-state index in [0.29, 0.717) is 10.2 Å². The summed E-state index contributed by atoms with van der Waals surface area (Å²) in [6.07, 6.45) is 0. The lowest BCUT2D eigenvalue weighted by atomic mass is 10.3. The van der Waals surface area contributed by atoms with Crippen LogP contribution in [0, 0.1) is 5.82 Å². The molecule has 0 spiro atoms. The molecule has 0 aliphatic heterocycles. The molecule has 0 saturated heterocycles. The third-order valence-corrected chi connectivity index (χ3v) is 4.12. The van der Waals surface area contributed by atoms with E-state index in [9.17, 15) is 4.39 Å². The maximum atomic E-state index is 12.3. The van der Waals surface area contributed by atoms with Gasteiger partial charge in [0.05, 0.1) is 17.4 Å². The van der Waals surface area contributed by atoms with Crippen LogP contribution in [-0.2, 0) is 0 Å². The average molecular weight is 358 g/mol. The van der Waals surface area contributed by atoms with Gasteiger partial charge in [-0.3, -0.25) is 0 Å². The second-order valence-electron chi connectivity index (χ2n) is 3.57. The maximum Gasteiger partial charge on any atom is 0.127 e. The highest BCUT2D eigenvalue weighted by atomic mass is 79.9. The van der Waals surface area contributed by atoms with Gasteiger partial charge in [0.1, 0.15) is 16.9 Å². The van der Waals surface area contributed by atoms with Crippen LogP contribution in [0.4, 0.5) is 10.1 Å². The van der Waals surface area contributed by atoms with Gasteiger partial charge in [-0.25, -0.2) is 4.39 Å². The van der Waals surface area contributed by atoms with E-state index in [1.54, 1.807) is 6.07 Å². The third-order valence-electron chi connectivity index (χ3n) is 2.23. The van der Waals surface area contributed by atoms with Crippen molar-refractivity contribution in [3.63, 3.8) is 0 Å². The van der Waals surface area contributed by atoms with Crippen LogP contribution in [0.25, 0.3) is 11.0 Å². The summed E-state index contributed by atoms with van der Waals surface area (Å²) >= 11 is 8.35. The van der Waals surface area contributed by atoms with Crippen LogP contribution in [-0.4, -0.2) is 8.75 Å². The number of hydrogen-bond donors (Lipinski definition) is 2. The van der Waals surface area contributed by atoms with Gasteiger partial charge in [0, 0.05) is 9.37 Å². The quantitative estimate of drug-likeness (QED) is 0.469. The van der Waals surface area contributed by atoms with Gasteiger partial charge in [0.15, 0.2) is 0 Å². The zero-order chi connectivity index (χ0) is 13.8. The Kier molecular flexibility index (Phi) is 4.73. The molecule has 0 amide bonds. The third kappa shape index (κ3) is 3.65. The summed E-state index contributed by atoms with van der Waals surface area (Å²) in [6.45, 7) is 0. The van der Waals surface area contributed by atoms with E-state index in [1.807, 2.05) is 18.2 Å². The van der Waals surface area contributed by atoms with Crippen LogP contribution in [0.2, 0.25) is 0 Å². The molecule has 0 saturated carbocycles. The topological polar surface area (TPSA) is 51.8 Å².